The first-order valence-corrected chi connectivity index (χ1v) is 8.09. The van der Waals surface area contributed by atoms with Crippen LogP contribution < -0.4 is 22.5 Å². The summed E-state index contributed by atoms with van der Waals surface area (Å²) in [5, 5.41) is 7.70. The second-order valence-corrected chi connectivity index (χ2v) is 5.97. The predicted molar refractivity (Wildman–Crippen MR) is 90.2 cm³/mol. The third-order valence-corrected chi connectivity index (χ3v) is 4.50. The molecule has 0 amide bonds. The molecule has 0 bridgehead atoms. The van der Waals surface area contributed by atoms with E-state index in [4.69, 9.17) is 4.74 Å². The van der Waals surface area contributed by atoms with Crippen LogP contribution in [-0.2, 0) is 0 Å². The lowest BCUT2D eigenvalue weighted by Gasteiger charge is -2.19. The average molecular weight is 333 g/mol. The molecule has 0 saturated heterocycles. The molecule has 0 aliphatic carbocycles. The van der Waals surface area contributed by atoms with E-state index in [-0.39, 0.29) is 18.5 Å². The minimum atomic E-state index is 0. The number of nitrogens with one attached hydrogen (secondary N) is 1. The van der Waals surface area contributed by atoms with Gasteiger partial charge in [-0.1, -0.05) is 42.5 Å². The topological polar surface area (TPSA) is 21.3 Å². The monoisotopic (exact) mass is 332 g/mol. The Bertz CT molecular complexity index is 694. The lowest BCUT2D eigenvalue weighted by molar-refractivity contribution is -0.00000490. The molecule has 3 rings (SSSR count). The van der Waals surface area contributed by atoms with Crippen LogP contribution >= 0.6 is 11.3 Å². The van der Waals surface area contributed by atoms with E-state index in [1.165, 1.54) is 15.6 Å². The second kappa shape index (κ2) is 8.18. The molecule has 0 radical (unpaired) electrons. The van der Waals surface area contributed by atoms with Crippen LogP contribution in [0, 0.1) is 0 Å². The number of fused-ring (bicyclic) bond motifs is 1. The molecular formula is C18H19ClNOS-. The van der Waals surface area contributed by atoms with Gasteiger partial charge in [0.25, 0.3) is 0 Å². The third-order valence-electron chi connectivity index (χ3n) is 3.54. The van der Waals surface area contributed by atoms with E-state index in [1.54, 1.807) is 11.3 Å². The molecule has 0 spiro atoms. The van der Waals surface area contributed by atoms with Gasteiger partial charge in [-0.2, -0.15) is 0 Å². The molecule has 3 aromatic rings. The van der Waals surface area contributed by atoms with Gasteiger partial charge in [0.1, 0.15) is 11.9 Å². The smallest absolute Gasteiger partial charge is 0.134 e. The first-order valence-electron chi connectivity index (χ1n) is 7.21. The maximum atomic E-state index is 6.34. The minimum Gasteiger partial charge on any atom is -1.00 e. The molecule has 1 atom stereocenters. The van der Waals surface area contributed by atoms with Crippen LogP contribution in [0.25, 0.3) is 10.8 Å². The maximum Gasteiger partial charge on any atom is 0.134 e. The molecule has 22 heavy (non-hydrogen) atoms. The molecular weight excluding hydrogens is 314 g/mol. The summed E-state index contributed by atoms with van der Waals surface area (Å²) >= 11 is 1.75. The zero-order valence-electron chi connectivity index (χ0n) is 12.5. The molecule has 2 nitrogen and oxygen atoms in total. The number of rotatable bonds is 6. The van der Waals surface area contributed by atoms with Gasteiger partial charge in [0.2, 0.25) is 0 Å². The Morgan fingerprint density at radius 2 is 1.86 bits per heavy atom. The van der Waals surface area contributed by atoms with Gasteiger partial charge < -0.3 is 22.5 Å². The summed E-state index contributed by atoms with van der Waals surface area (Å²) in [4.78, 5) is 1.28. The van der Waals surface area contributed by atoms with Crippen molar-refractivity contribution in [2.75, 3.05) is 13.6 Å². The Morgan fingerprint density at radius 1 is 1.05 bits per heavy atom. The van der Waals surface area contributed by atoms with Crippen molar-refractivity contribution in [3.8, 4) is 5.75 Å². The highest BCUT2D eigenvalue weighted by Crippen LogP contribution is 2.32. The zero-order valence-corrected chi connectivity index (χ0v) is 14.0. The van der Waals surface area contributed by atoms with Crippen molar-refractivity contribution in [3.63, 3.8) is 0 Å². The molecule has 1 aromatic heterocycles. The minimum absolute atomic E-state index is 0. The number of ether oxygens (including phenoxy) is 1. The van der Waals surface area contributed by atoms with Crippen molar-refractivity contribution in [2.24, 2.45) is 0 Å². The largest absolute Gasteiger partial charge is 1.00 e. The molecule has 1 heterocycles. The first-order chi connectivity index (χ1) is 10.4. The van der Waals surface area contributed by atoms with Crippen LogP contribution in [0.15, 0.2) is 60.0 Å². The summed E-state index contributed by atoms with van der Waals surface area (Å²) in [7, 11) is 1.98. The summed E-state index contributed by atoms with van der Waals surface area (Å²) in [5.41, 5.74) is 0. The number of hydrogen-bond acceptors (Lipinski definition) is 3. The van der Waals surface area contributed by atoms with E-state index in [9.17, 15) is 0 Å². The standard InChI is InChI=1S/C18H19NOS.ClH/c1-19-12-11-17(18-10-5-13-21-18)20-16-9-4-7-14-6-2-3-8-15(14)16;/h2-10,13,17,19H,11-12H2,1H3;1H/p-1. The number of benzene rings is 2. The molecule has 2 aromatic carbocycles. The Kier molecular flexibility index (Phi) is 6.25. The molecule has 1 N–H and O–H groups in total. The van der Waals surface area contributed by atoms with Gasteiger partial charge in [0.05, 0.1) is 0 Å². The van der Waals surface area contributed by atoms with E-state index < -0.39 is 0 Å². The van der Waals surface area contributed by atoms with Gasteiger partial charge in [-0.05, 0) is 36.5 Å². The van der Waals surface area contributed by atoms with Gasteiger partial charge in [-0.25, -0.2) is 0 Å². The van der Waals surface area contributed by atoms with Gasteiger partial charge in [0, 0.05) is 16.7 Å². The maximum absolute atomic E-state index is 6.34. The fourth-order valence-corrected chi connectivity index (χ4v) is 3.25. The number of halogens is 1. The van der Waals surface area contributed by atoms with Gasteiger partial charge in [-0.15, -0.1) is 11.3 Å². The SMILES string of the molecule is CNCCC(Oc1cccc2ccccc12)c1cccs1.[Cl-]. The fraction of sp³-hybridized carbons (Fsp3) is 0.222. The van der Waals surface area contributed by atoms with Crippen LogP contribution in [-0.4, -0.2) is 13.6 Å². The lowest BCUT2D eigenvalue weighted by atomic mass is 10.1. The normalized spacial score (nSPS) is 11.9. The Labute approximate surface area is 141 Å². The van der Waals surface area contributed by atoms with Crippen LogP contribution in [0.2, 0.25) is 0 Å². The van der Waals surface area contributed by atoms with Gasteiger partial charge in [-0.3, -0.25) is 0 Å². The van der Waals surface area contributed by atoms with Crippen LogP contribution in [0.4, 0.5) is 0 Å². The van der Waals surface area contributed by atoms with Crippen molar-refractivity contribution < 1.29 is 17.1 Å². The lowest BCUT2D eigenvalue weighted by Crippen LogP contribution is -3.00. The Hall–Kier alpha value is -1.55. The molecule has 0 aliphatic rings. The summed E-state index contributed by atoms with van der Waals surface area (Å²) in [6.07, 6.45) is 1.06. The molecule has 116 valence electrons. The van der Waals surface area contributed by atoms with E-state index in [0.717, 1.165) is 18.7 Å². The Morgan fingerprint density at radius 3 is 2.64 bits per heavy atom. The second-order valence-electron chi connectivity index (χ2n) is 4.99. The van der Waals surface area contributed by atoms with Crippen molar-refractivity contribution in [3.05, 3.63) is 64.9 Å². The van der Waals surface area contributed by atoms with Gasteiger partial charge in [0.15, 0.2) is 0 Å². The van der Waals surface area contributed by atoms with Crippen molar-refractivity contribution in [1.29, 1.82) is 0 Å². The van der Waals surface area contributed by atoms with Crippen LogP contribution in [0.1, 0.15) is 17.4 Å². The van der Waals surface area contributed by atoms with E-state index in [1.807, 2.05) is 7.05 Å². The highest BCUT2D eigenvalue weighted by Gasteiger charge is 2.15. The summed E-state index contributed by atoms with van der Waals surface area (Å²) in [6.45, 7) is 0.938. The summed E-state index contributed by atoms with van der Waals surface area (Å²) in [6, 6.07) is 18.8. The highest BCUT2D eigenvalue weighted by molar-refractivity contribution is 7.10. The fourth-order valence-electron chi connectivity index (χ4n) is 2.46. The van der Waals surface area contributed by atoms with E-state index in [0.29, 0.717) is 0 Å². The highest BCUT2D eigenvalue weighted by atomic mass is 35.5. The first kappa shape index (κ1) is 16.8. The van der Waals surface area contributed by atoms with Crippen LogP contribution in [0.3, 0.4) is 0 Å². The van der Waals surface area contributed by atoms with Crippen molar-refractivity contribution >= 4 is 22.1 Å². The van der Waals surface area contributed by atoms with Crippen molar-refractivity contribution in [1.82, 2.24) is 5.32 Å². The van der Waals surface area contributed by atoms with Gasteiger partial charge >= 0.3 is 0 Å². The predicted octanol–water partition coefficient (Wildman–Crippen LogP) is 1.63. The summed E-state index contributed by atoms with van der Waals surface area (Å²) < 4.78 is 6.34. The molecule has 4 heteroatoms. The number of thiophene rings is 1. The van der Waals surface area contributed by atoms with E-state index in [2.05, 4.69) is 65.3 Å². The van der Waals surface area contributed by atoms with E-state index >= 15 is 0 Å². The summed E-state index contributed by atoms with van der Waals surface area (Å²) in [5.74, 6) is 0.961. The Balaban J connectivity index is 0.00000176. The quantitative estimate of drug-likeness (QED) is 0.741. The van der Waals surface area contributed by atoms with Crippen molar-refractivity contribution in [2.45, 2.75) is 12.5 Å². The molecule has 1 unspecified atom stereocenters. The molecule has 0 saturated carbocycles. The average Bonchev–Trinajstić information content (AvgIpc) is 3.06. The third kappa shape index (κ3) is 3.80. The van der Waals surface area contributed by atoms with Crippen LogP contribution in [0.5, 0.6) is 5.75 Å². The molecule has 0 aliphatic heterocycles. The number of hydrogen-bond donors (Lipinski definition) is 1. The molecule has 0 fully saturated rings. The zero-order chi connectivity index (χ0) is 14.5.